The van der Waals surface area contributed by atoms with Crippen LogP contribution in [-0.4, -0.2) is 22.4 Å². The zero-order valence-corrected chi connectivity index (χ0v) is 5.33. The van der Waals surface area contributed by atoms with E-state index in [-0.39, 0.29) is 0 Å². The average Bonchev–Trinajstić information content (AvgIpc) is 1.72. The summed E-state index contributed by atoms with van der Waals surface area (Å²) in [7, 11) is 0. The first kappa shape index (κ1) is 5.69. The van der Waals surface area contributed by atoms with E-state index in [1.807, 2.05) is 0 Å². The summed E-state index contributed by atoms with van der Waals surface area (Å²) in [6.45, 7) is 0. The van der Waals surface area contributed by atoms with Crippen molar-refractivity contribution >= 4 is 0 Å². The fourth-order valence-electron chi connectivity index (χ4n) is 2.05. The smallest absolute Gasteiger partial charge is 0.0827 e. The van der Waals surface area contributed by atoms with Gasteiger partial charge in [-0.2, -0.15) is 0 Å². The zero-order chi connectivity index (χ0) is 6.43. The Morgan fingerprint density at radius 3 is 2.00 bits per heavy atom. The number of hydrogen-bond donors (Lipinski definition) is 2. The lowest BCUT2D eigenvalue weighted by Crippen LogP contribution is -2.48. The Hall–Kier alpha value is -0.0800. The fraction of sp³-hybridized carbons (Fsp3) is 1.00. The highest BCUT2D eigenvalue weighted by molar-refractivity contribution is 4.94. The molecule has 0 aromatic heterocycles. The Morgan fingerprint density at radius 2 is 1.67 bits per heavy atom. The lowest BCUT2D eigenvalue weighted by molar-refractivity contribution is -0.114. The van der Waals surface area contributed by atoms with E-state index in [0.29, 0.717) is 5.92 Å². The molecule has 0 aromatic carbocycles. The molecule has 2 bridgehead atoms. The zero-order valence-electron chi connectivity index (χ0n) is 5.33. The molecule has 2 N–H and O–H groups in total. The van der Waals surface area contributed by atoms with Crippen LogP contribution in [0.4, 0.5) is 0 Å². The van der Waals surface area contributed by atoms with Crippen molar-refractivity contribution < 1.29 is 10.2 Å². The van der Waals surface area contributed by atoms with Gasteiger partial charge in [0.15, 0.2) is 0 Å². The summed E-state index contributed by atoms with van der Waals surface area (Å²) in [6.07, 6.45) is 2.31. The quantitative estimate of drug-likeness (QED) is 0.487. The standard InChI is InChI=1S/C7H12O2/c8-6-3-4-1-5(2-4)7(6)9/h4-9H,1-3H2. The van der Waals surface area contributed by atoms with Crippen molar-refractivity contribution in [3.05, 3.63) is 0 Å². The van der Waals surface area contributed by atoms with Crippen molar-refractivity contribution in [2.24, 2.45) is 11.8 Å². The first-order valence-electron chi connectivity index (χ1n) is 3.63. The number of aliphatic hydroxyl groups excluding tert-OH is 2. The van der Waals surface area contributed by atoms with Crippen LogP contribution in [0.15, 0.2) is 0 Å². The lowest BCUT2D eigenvalue weighted by atomic mass is 9.63. The second-order valence-corrected chi connectivity index (χ2v) is 3.39. The molecule has 0 heterocycles. The van der Waals surface area contributed by atoms with E-state index in [0.717, 1.165) is 25.2 Å². The van der Waals surface area contributed by atoms with Crippen LogP contribution in [0.5, 0.6) is 0 Å². The largest absolute Gasteiger partial charge is 0.390 e. The predicted octanol–water partition coefficient (Wildman–Crippen LogP) is 0.138. The van der Waals surface area contributed by atoms with Crippen LogP contribution in [0.2, 0.25) is 0 Å². The topological polar surface area (TPSA) is 40.5 Å². The van der Waals surface area contributed by atoms with Crippen LogP contribution in [0, 0.1) is 11.8 Å². The van der Waals surface area contributed by atoms with E-state index in [4.69, 9.17) is 5.11 Å². The van der Waals surface area contributed by atoms with E-state index in [9.17, 15) is 5.11 Å². The molecule has 3 fully saturated rings. The molecule has 0 spiro atoms. The first-order chi connectivity index (χ1) is 4.27. The third-order valence-corrected chi connectivity index (χ3v) is 2.72. The van der Waals surface area contributed by atoms with E-state index in [1.54, 1.807) is 0 Å². The molecule has 52 valence electrons. The van der Waals surface area contributed by atoms with Gasteiger partial charge in [-0.15, -0.1) is 0 Å². The van der Waals surface area contributed by atoms with Gasteiger partial charge in [0.05, 0.1) is 12.2 Å². The number of hydrogen-bond acceptors (Lipinski definition) is 2. The maximum absolute atomic E-state index is 9.23. The third-order valence-electron chi connectivity index (χ3n) is 2.72. The minimum atomic E-state index is -0.414. The summed E-state index contributed by atoms with van der Waals surface area (Å²) in [5.41, 5.74) is 0. The van der Waals surface area contributed by atoms with Crippen LogP contribution < -0.4 is 0 Å². The van der Waals surface area contributed by atoms with Gasteiger partial charge in [0.1, 0.15) is 0 Å². The third kappa shape index (κ3) is 0.700. The Labute approximate surface area is 54.5 Å². The summed E-state index contributed by atoms with van der Waals surface area (Å²) in [5, 5.41) is 18.4. The fourth-order valence-corrected chi connectivity index (χ4v) is 2.05. The number of rotatable bonds is 0. The molecule has 2 unspecified atom stereocenters. The highest BCUT2D eigenvalue weighted by Gasteiger charge is 2.44. The molecule has 3 saturated carbocycles. The molecule has 9 heavy (non-hydrogen) atoms. The van der Waals surface area contributed by atoms with E-state index < -0.39 is 12.2 Å². The van der Waals surface area contributed by atoms with Gasteiger partial charge in [-0.1, -0.05) is 0 Å². The molecule has 0 radical (unpaired) electrons. The molecule has 2 atom stereocenters. The summed E-state index contributed by atoms with van der Waals surface area (Å²) < 4.78 is 0. The molecule has 0 aliphatic heterocycles. The molecule has 0 aromatic rings. The van der Waals surface area contributed by atoms with Gasteiger partial charge in [-0.25, -0.2) is 0 Å². The van der Waals surface area contributed by atoms with Crippen molar-refractivity contribution in [2.75, 3.05) is 0 Å². The Morgan fingerprint density at radius 1 is 1.00 bits per heavy atom. The van der Waals surface area contributed by atoms with Crippen molar-refractivity contribution in [2.45, 2.75) is 31.5 Å². The number of fused-ring (bicyclic) bond motifs is 2. The summed E-state index contributed by atoms with van der Waals surface area (Å²) >= 11 is 0. The monoisotopic (exact) mass is 128 g/mol. The van der Waals surface area contributed by atoms with E-state index in [2.05, 4.69) is 0 Å². The normalized spacial score (nSPS) is 56.7. The molecule has 3 aliphatic rings. The van der Waals surface area contributed by atoms with Crippen molar-refractivity contribution in [3.63, 3.8) is 0 Å². The maximum atomic E-state index is 9.23. The molecule has 3 aliphatic carbocycles. The summed E-state index contributed by atoms with van der Waals surface area (Å²) in [6, 6.07) is 0. The predicted molar refractivity (Wildman–Crippen MR) is 32.8 cm³/mol. The van der Waals surface area contributed by atoms with Crippen molar-refractivity contribution in [3.8, 4) is 0 Å². The summed E-state index contributed by atoms with van der Waals surface area (Å²) in [5.74, 6) is 1.16. The molecule has 0 saturated heterocycles. The molecular weight excluding hydrogens is 116 g/mol. The summed E-state index contributed by atoms with van der Waals surface area (Å²) in [4.78, 5) is 0. The lowest BCUT2D eigenvalue weighted by Gasteiger charge is -2.46. The molecule has 0 amide bonds. The van der Waals surface area contributed by atoms with Crippen molar-refractivity contribution in [1.29, 1.82) is 0 Å². The maximum Gasteiger partial charge on any atom is 0.0827 e. The molecule has 2 nitrogen and oxygen atoms in total. The van der Waals surface area contributed by atoms with Gasteiger partial charge in [0, 0.05) is 0 Å². The molecule has 2 heteroatoms. The Balaban J connectivity index is 2.04. The van der Waals surface area contributed by atoms with Gasteiger partial charge >= 0.3 is 0 Å². The Kier molecular flexibility index (Phi) is 1.08. The van der Waals surface area contributed by atoms with Crippen molar-refractivity contribution in [1.82, 2.24) is 0 Å². The average molecular weight is 128 g/mol. The van der Waals surface area contributed by atoms with Crippen LogP contribution in [-0.2, 0) is 0 Å². The van der Waals surface area contributed by atoms with Gasteiger partial charge in [0.25, 0.3) is 0 Å². The second kappa shape index (κ2) is 1.70. The second-order valence-electron chi connectivity index (χ2n) is 3.39. The highest BCUT2D eigenvalue weighted by atomic mass is 16.3. The van der Waals surface area contributed by atoms with Gasteiger partial charge in [0.2, 0.25) is 0 Å². The van der Waals surface area contributed by atoms with Gasteiger partial charge in [-0.3, -0.25) is 0 Å². The van der Waals surface area contributed by atoms with Crippen LogP contribution in [0.25, 0.3) is 0 Å². The van der Waals surface area contributed by atoms with Crippen LogP contribution in [0.1, 0.15) is 19.3 Å². The Bertz CT molecular complexity index is 116. The van der Waals surface area contributed by atoms with Crippen LogP contribution in [0.3, 0.4) is 0 Å². The highest BCUT2D eigenvalue weighted by Crippen LogP contribution is 2.45. The van der Waals surface area contributed by atoms with Crippen LogP contribution >= 0.6 is 0 Å². The number of aliphatic hydroxyl groups is 2. The van der Waals surface area contributed by atoms with Gasteiger partial charge in [-0.05, 0) is 31.1 Å². The van der Waals surface area contributed by atoms with E-state index >= 15 is 0 Å². The molecule has 3 rings (SSSR count). The minimum absolute atomic E-state index is 0.407. The minimum Gasteiger partial charge on any atom is -0.390 e. The first-order valence-corrected chi connectivity index (χ1v) is 3.63. The van der Waals surface area contributed by atoms with E-state index in [1.165, 1.54) is 0 Å². The SMILES string of the molecule is OC1CC2CC(C2)C1O. The molecular formula is C7H12O2. The van der Waals surface area contributed by atoms with Gasteiger partial charge < -0.3 is 10.2 Å².